The molecule has 0 saturated carbocycles. The molecule has 0 unspecified atom stereocenters. The van der Waals surface area contributed by atoms with Crippen molar-refractivity contribution in [3.8, 4) is 22.6 Å². The van der Waals surface area contributed by atoms with Gasteiger partial charge in [-0.25, -0.2) is 0 Å². The highest BCUT2D eigenvalue weighted by Crippen LogP contribution is 2.29. The fourth-order valence-corrected chi connectivity index (χ4v) is 3.16. The summed E-state index contributed by atoms with van der Waals surface area (Å²) in [6.45, 7) is 0.428. The molecule has 4 heteroatoms. The minimum atomic E-state index is -0.221. The molecule has 0 aromatic heterocycles. The van der Waals surface area contributed by atoms with Crippen LogP contribution >= 0.6 is 0 Å². The van der Waals surface area contributed by atoms with Gasteiger partial charge in [-0.15, -0.1) is 0 Å². The molecule has 154 valence electrons. The molecule has 0 bridgehead atoms. The van der Waals surface area contributed by atoms with Gasteiger partial charge in [-0.2, -0.15) is 0 Å². The Hall–Kier alpha value is -4.05. The zero-order chi connectivity index (χ0) is 21.3. The quantitative estimate of drug-likeness (QED) is 0.391. The molecule has 31 heavy (non-hydrogen) atoms. The van der Waals surface area contributed by atoms with E-state index in [1.807, 2.05) is 109 Å². The summed E-state index contributed by atoms with van der Waals surface area (Å²) < 4.78 is 11.6. The van der Waals surface area contributed by atoms with Crippen molar-refractivity contribution in [2.45, 2.75) is 6.61 Å². The number of amides is 1. The summed E-state index contributed by atoms with van der Waals surface area (Å²) in [6.07, 6.45) is 0. The number of rotatable bonds is 8. The van der Waals surface area contributed by atoms with Crippen molar-refractivity contribution >= 4 is 11.6 Å². The number of para-hydroxylation sites is 1. The van der Waals surface area contributed by atoms with Gasteiger partial charge in [0.1, 0.15) is 18.1 Å². The van der Waals surface area contributed by atoms with Crippen LogP contribution < -0.4 is 14.8 Å². The van der Waals surface area contributed by atoms with Crippen LogP contribution in [0.3, 0.4) is 0 Å². The second kappa shape index (κ2) is 10.1. The number of hydrogen-bond acceptors (Lipinski definition) is 3. The lowest BCUT2D eigenvalue weighted by atomic mass is 10.1. The van der Waals surface area contributed by atoms with E-state index in [1.165, 1.54) is 0 Å². The monoisotopic (exact) mass is 409 g/mol. The number of ether oxygens (including phenoxy) is 2. The summed E-state index contributed by atoms with van der Waals surface area (Å²) >= 11 is 0. The maximum absolute atomic E-state index is 12.4. The second-order valence-electron chi connectivity index (χ2n) is 7.00. The predicted molar refractivity (Wildman–Crippen MR) is 123 cm³/mol. The summed E-state index contributed by atoms with van der Waals surface area (Å²) in [5.74, 6) is 1.20. The van der Waals surface area contributed by atoms with E-state index in [-0.39, 0.29) is 12.5 Å². The number of carbonyl (C=O) groups excluding carboxylic acids is 1. The lowest BCUT2D eigenvalue weighted by molar-refractivity contribution is -0.118. The van der Waals surface area contributed by atoms with Crippen molar-refractivity contribution in [2.24, 2.45) is 0 Å². The fourth-order valence-electron chi connectivity index (χ4n) is 3.16. The van der Waals surface area contributed by atoms with Crippen molar-refractivity contribution in [1.82, 2.24) is 0 Å². The zero-order valence-corrected chi connectivity index (χ0v) is 17.0. The third kappa shape index (κ3) is 5.73. The van der Waals surface area contributed by atoms with Gasteiger partial charge in [-0.1, -0.05) is 78.9 Å². The Balaban J connectivity index is 1.31. The Morgan fingerprint density at radius 1 is 0.677 bits per heavy atom. The maximum atomic E-state index is 12.4. The average molecular weight is 409 g/mol. The molecule has 1 N–H and O–H groups in total. The van der Waals surface area contributed by atoms with Crippen LogP contribution in [0.15, 0.2) is 109 Å². The molecule has 0 spiro atoms. The molecule has 0 fully saturated rings. The molecule has 0 saturated heterocycles. The van der Waals surface area contributed by atoms with Crippen molar-refractivity contribution < 1.29 is 14.3 Å². The van der Waals surface area contributed by atoms with Gasteiger partial charge in [0.2, 0.25) is 0 Å². The van der Waals surface area contributed by atoms with E-state index in [1.54, 1.807) is 0 Å². The first-order chi connectivity index (χ1) is 15.3. The Kier molecular flexibility index (Phi) is 6.61. The van der Waals surface area contributed by atoms with Gasteiger partial charge in [-0.3, -0.25) is 4.79 Å². The molecule has 0 heterocycles. The standard InChI is InChI=1S/C27H23NO3/c29-27(20-31-26-14-8-7-13-25(26)22-11-5-2-6-12-22)28-23-15-17-24(18-16-23)30-19-21-9-3-1-4-10-21/h1-18H,19-20H2,(H,28,29). The molecule has 1 amide bonds. The SMILES string of the molecule is O=C(COc1ccccc1-c1ccccc1)Nc1ccc(OCc2ccccc2)cc1. The third-order valence-corrected chi connectivity index (χ3v) is 4.72. The first kappa shape index (κ1) is 20.2. The number of nitrogens with one attached hydrogen (secondary N) is 1. The van der Waals surface area contributed by atoms with Crippen LogP contribution in [-0.2, 0) is 11.4 Å². The van der Waals surface area contributed by atoms with Crippen molar-refractivity contribution in [3.05, 3.63) is 115 Å². The minimum Gasteiger partial charge on any atom is -0.489 e. The van der Waals surface area contributed by atoms with Crippen LogP contribution in [0.2, 0.25) is 0 Å². The Morgan fingerprint density at radius 2 is 1.32 bits per heavy atom. The number of carbonyl (C=O) groups is 1. The lowest BCUT2D eigenvalue weighted by Gasteiger charge is -2.12. The number of hydrogen-bond donors (Lipinski definition) is 1. The number of anilines is 1. The van der Waals surface area contributed by atoms with E-state index in [9.17, 15) is 4.79 Å². The summed E-state index contributed by atoms with van der Waals surface area (Å²) in [7, 11) is 0. The second-order valence-corrected chi connectivity index (χ2v) is 7.00. The van der Waals surface area contributed by atoms with Crippen LogP contribution in [0.4, 0.5) is 5.69 Å². The Morgan fingerprint density at radius 3 is 2.06 bits per heavy atom. The Bertz CT molecular complexity index is 1110. The topological polar surface area (TPSA) is 47.6 Å². The van der Waals surface area contributed by atoms with Crippen LogP contribution in [-0.4, -0.2) is 12.5 Å². The Labute approximate surface area is 182 Å². The van der Waals surface area contributed by atoms with E-state index in [2.05, 4.69) is 5.32 Å². The molecule has 0 aliphatic carbocycles. The zero-order valence-electron chi connectivity index (χ0n) is 17.0. The first-order valence-corrected chi connectivity index (χ1v) is 10.1. The molecule has 0 atom stereocenters. The molecule has 0 aliphatic rings. The summed E-state index contributed by atoms with van der Waals surface area (Å²) in [6, 6.07) is 35.0. The van der Waals surface area contributed by atoms with Crippen LogP contribution in [0.1, 0.15) is 5.56 Å². The minimum absolute atomic E-state index is 0.0733. The van der Waals surface area contributed by atoms with Crippen LogP contribution in [0.5, 0.6) is 11.5 Å². The van der Waals surface area contributed by atoms with E-state index < -0.39 is 0 Å². The molecular weight excluding hydrogens is 386 g/mol. The lowest BCUT2D eigenvalue weighted by Crippen LogP contribution is -2.20. The normalized spacial score (nSPS) is 10.3. The van der Waals surface area contributed by atoms with Gasteiger partial charge in [0.25, 0.3) is 5.91 Å². The van der Waals surface area contributed by atoms with Crippen molar-refractivity contribution in [2.75, 3.05) is 11.9 Å². The smallest absolute Gasteiger partial charge is 0.262 e. The van der Waals surface area contributed by atoms with Gasteiger partial charge in [0.15, 0.2) is 6.61 Å². The third-order valence-electron chi connectivity index (χ3n) is 4.72. The molecule has 4 aromatic carbocycles. The van der Waals surface area contributed by atoms with E-state index in [0.717, 1.165) is 22.4 Å². The maximum Gasteiger partial charge on any atom is 0.262 e. The predicted octanol–water partition coefficient (Wildman–Crippen LogP) is 5.95. The van der Waals surface area contributed by atoms with E-state index in [0.29, 0.717) is 18.0 Å². The molecule has 4 rings (SSSR count). The highest BCUT2D eigenvalue weighted by Gasteiger charge is 2.09. The van der Waals surface area contributed by atoms with E-state index in [4.69, 9.17) is 9.47 Å². The molecule has 4 aromatic rings. The average Bonchev–Trinajstić information content (AvgIpc) is 2.84. The molecule has 4 nitrogen and oxygen atoms in total. The number of benzene rings is 4. The van der Waals surface area contributed by atoms with Crippen LogP contribution in [0.25, 0.3) is 11.1 Å². The summed E-state index contributed by atoms with van der Waals surface area (Å²) in [5.41, 5.74) is 3.80. The fraction of sp³-hybridized carbons (Fsp3) is 0.0741. The van der Waals surface area contributed by atoms with Gasteiger partial charge in [0.05, 0.1) is 0 Å². The summed E-state index contributed by atoms with van der Waals surface area (Å²) in [5, 5.41) is 2.85. The largest absolute Gasteiger partial charge is 0.489 e. The highest BCUT2D eigenvalue weighted by molar-refractivity contribution is 5.92. The van der Waals surface area contributed by atoms with Crippen LogP contribution in [0, 0.1) is 0 Å². The molecule has 0 radical (unpaired) electrons. The van der Waals surface area contributed by atoms with Gasteiger partial charge in [-0.05, 0) is 41.5 Å². The van der Waals surface area contributed by atoms with Crippen molar-refractivity contribution in [3.63, 3.8) is 0 Å². The molecular formula is C27H23NO3. The first-order valence-electron chi connectivity index (χ1n) is 10.1. The molecule has 0 aliphatic heterocycles. The van der Waals surface area contributed by atoms with Gasteiger partial charge >= 0.3 is 0 Å². The van der Waals surface area contributed by atoms with Gasteiger partial charge in [0, 0.05) is 11.3 Å². The van der Waals surface area contributed by atoms with Gasteiger partial charge < -0.3 is 14.8 Å². The highest BCUT2D eigenvalue weighted by atomic mass is 16.5. The summed E-state index contributed by atoms with van der Waals surface area (Å²) in [4.78, 5) is 12.4. The van der Waals surface area contributed by atoms with E-state index >= 15 is 0 Å². The van der Waals surface area contributed by atoms with Crippen molar-refractivity contribution in [1.29, 1.82) is 0 Å².